The summed E-state index contributed by atoms with van der Waals surface area (Å²) < 4.78 is 11.0. The van der Waals surface area contributed by atoms with Crippen LogP contribution in [0.1, 0.15) is 59.8 Å². The van der Waals surface area contributed by atoms with E-state index in [1.165, 1.54) is 26.2 Å². The Morgan fingerprint density at radius 1 is 1.27 bits per heavy atom. The van der Waals surface area contributed by atoms with Crippen molar-refractivity contribution in [2.24, 2.45) is 34.5 Å². The molecule has 4 aliphatic rings. The molecule has 3 fully saturated rings. The highest BCUT2D eigenvalue weighted by atomic mass is 16.6. The number of carbonyl (C=O) groups excluding carboxylic acids is 2. The molecular formula is C22H32O4. The van der Waals surface area contributed by atoms with Gasteiger partial charge in [-0.2, -0.15) is 0 Å². The zero-order valence-electron chi connectivity index (χ0n) is 16.5. The van der Waals surface area contributed by atoms with Crippen molar-refractivity contribution in [2.45, 2.75) is 65.9 Å². The number of ketones is 1. The maximum atomic E-state index is 13.3. The number of ether oxygens (including phenoxy) is 2. The average Bonchev–Trinajstić information content (AvgIpc) is 3.36. The van der Waals surface area contributed by atoms with E-state index in [-0.39, 0.29) is 41.7 Å². The first-order chi connectivity index (χ1) is 12.2. The van der Waals surface area contributed by atoms with E-state index >= 15 is 0 Å². The highest BCUT2D eigenvalue weighted by Gasteiger charge is 2.60. The van der Waals surface area contributed by atoms with Crippen LogP contribution in [0.3, 0.4) is 0 Å². The first-order valence-corrected chi connectivity index (χ1v) is 10.2. The number of epoxide rings is 1. The molecule has 0 N–H and O–H groups in total. The van der Waals surface area contributed by atoms with Crippen molar-refractivity contribution in [3.8, 4) is 0 Å². The van der Waals surface area contributed by atoms with Crippen LogP contribution in [0.2, 0.25) is 0 Å². The standard InChI is InChI=1S/C22H32O4/c1-13(23)25-11-14-10-16(24)20-15(19(14)17-12-26-17)6-7-18-21(2,3)8-5-9-22(18,20)4/h10,15,17-20H,5-9,11-12H2,1-4H3/t15-,17-,18-,19+,20+,22-/m1/s1. The molecule has 1 heterocycles. The monoisotopic (exact) mass is 360 g/mol. The number of hydrogen-bond acceptors (Lipinski definition) is 4. The fraction of sp³-hybridized carbons (Fsp3) is 0.818. The minimum atomic E-state index is -0.291. The third-order valence-corrected chi connectivity index (χ3v) is 7.93. The minimum absolute atomic E-state index is 0.0817. The summed E-state index contributed by atoms with van der Waals surface area (Å²) in [7, 11) is 0. The average molecular weight is 360 g/mol. The van der Waals surface area contributed by atoms with Crippen molar-refractivity contribution in [3.63, 3.8) is 0 Å². The maximum Gasteiger partial charge on any atom is 0.302 e. The van der Waals surface area contributed by atoms with Crippen LogP contribution >= 0.6 is 0 Å². The van der Waals surface area contributed by atoms with E-state index in [1.807, 2.05) is 6.08 Å². The van der Waals surface area contributed by atoms with Crippen LogP contribution in [0.5, 0.6) is 0 Å². The smallest absolute Gasteiger partial charge is 0.302 e. The Hall–Kier alpha value is -1.16. The van der Waals surface area contributed by atoms with Crippen molar-refractivity contribution >= 4 is 11.8 Å². The molecule has 0 radical (unpaired) electrons. The van der Waals surface area contributed by atoms with Gasteiger partial charge in [-0.05, 0) is 60.0 Å². The molecule has 4 rings (SSSR count). The lowest BCUT2D eigenvalue weighted by molar-refractivity contribution is -0.149. The van der Waals surface area contributed by atoms with Gasteiger partial charge in [0, 0.05) is 18.8 Å². The normalized spacial score (nSPS) is 43.8. The van der Waals surface area contributed by atoms with Gasteiger partial charge < -0.3 is 9.47 Å². The van der Waals surface area contributed by atoms with Gasteiger partial charge in [0.15, 0.2) is 5.78 Å². The second kappa shape index (κ2) is 6.19. The second-order valence-corrected chi connectivity index (χ2v) is 9.92. The molecule has 26 heavy (non-hydrogen) atoms. The minimum Gasteiger partial charge on any atom is -0.461 e. The van der Waals surface area contributed by atoms with Gasteiger partial charge >= 0.3 is 5.97 Å². The number of rotatable bonds is 3. The quantitative estimate of drug-likeness (QED) is 0.565. The third kappa shape index (κ3) is 2.85. The van der Waals surface area contributed by atoms with Gasteiger partial charge in [-0.15, -0.1) is 0 Å². The lowest BCUT2D eigenvalue weighted by Gasteiger charge is -2.60. The van der Waals surface area contributed by atoms with E-state index in [9.17, 15) is 9.59 Å². The molecule has 0 amide bonds. The van der Waals surface area contributed by atoms with Gasteiger partial charge in [-0.3, -0.25) is 9.59 Å². The molecule has 3 aliphatic carbocycles. The van der Waals surface area contributed by atoms with E-state index < -0.39 is 0 Å². The van der Waals surface area contributed by atoms with E-state index in [0.717, 1.165) is 25.0 Å². The Morgan fingerprint density at radius 3 is 2.65 bits per heavy atom. The molecule has 0 aromatic rings. The van der Waals surface area contributed by atoms with Crippen molar-refractivity contribution < 1.29 is 19.1 Å². The Bertz CT molecular complexity index is 645. The van der Waals surface area contributed by atoms with Crippen molar-refractivity contribution in [3.05, 3.63) is 11.6 Å². The van der Waals surface area contributed by atoms with Crippen molar-refractivity contribution in [2.75, 3.05) is 13.2 Å². The van der Waals surface area contributed by atoms with Gasteiger partial charge in [-0.25, -0.2) is 0 Å². The number of fused-ring (bicyclic) bond motifs is 3. The lowest BCUT2D eigenvalue weighted by atomic mass is 9.43. The van der Waals surface area contributed by atoms with Gasteiger partial charge in [0.1, 0.15) is 6.61 Å². The van der Waals surface area contributed by atoms with Crippen LogP contribution in [-0.4, -0.2) is 31.1 Å². The summed E-state index contributed by atoms with van der Waals surface area (Å²) in [6.07, 6.45) is 7.93. The first-order valence-electron chi connectivity index (χ1n) is 10.2. The molecule has 4 nitrogen and oxygen atoms in total. The molecule has 0 bridgehead atoms. The van der Waals surface area contributed by atoms with Crippen LogP contribution in [0, 0.1) is 34.5 Å². The Balaban J connectivity index is 1.69. The molecule has 0 aromatic carbocycles. The van der Waals surface area contributed by atoms with E-state index in [1.54, 1.807) is 0 Å². The summed E-state index contributed by atoms with van der Waals surface area (Å²) in [6, 6.07) is 0. The number of esters is 1. The van der Waals surface area contributed by atoms with E-state index in [0.29, 0.717) is 17.3 Å². The van der Waals surface area contributed by atoms with Crippen LogP contribution in [-0.2, 0) is 19.1 Å². The number of hydrogen-bond donors (Lipinski definition) is 0. The lowest BCUT2D eigenvalue weighted by Crippen LogP contribution is -2.57. The molecule has 0 unspecified atom stereocenters. The zero-order chi connectivity index (χ0) is 18.7. The Kier molecular flexibility index (Phi) is 4.33. The summed E-state index contributed by atoms with van der Waals surface area (Å²) in [4.78, 5) is 24.6. The number of carbonyl (C=O) groups is 2. The van der Waals surface area contributed by atoms with Crippen LogP contribution in [0.4, 0.5) is 0 Å². The Labute approximate surface area is 156 Å². The van der Waals surface area contributed by atoms with E-state index in [4.69, 9.17) is 9.47 Å². The summed E-state index contributed by atoms with van der Waals surface area (Å²) in [6.45, 7) is 9.60. The summed E-state index contributed by atoms with van der Waals surface area (Å²) >= 11 is 0. The van der Waals surface area contributed by atoms with Crippen LogP contribution < -0.4 is 0 Å². The van der Waals surface area contributed by atoms with Crippen LogP contribution in [0.25, 0.3) is 0 Å². The van der Waals surface area contributed by atoms with E-state index in [2.05, 4.69) is 20.8 Å². The molecule has 1 aliphatic heterocycles. The van der Waals surface area contributed by atoms with Gasteiger partial charge in [0.2, 0.25) is 0 Å². The molecule has 0 spiro atoms. The molecule has 1 saturated heterocycles. The third-order valence-electron chi connectivity index (χ3n) is 7.93. The predicted molar refractivity (Wildman–Crippen MR) is 98.4 cm³/mol. The molecule has 0 aromatic heterocycles. The maximum absolute atomic E-state index is 13.3. The van der Waals surface area contributed by atoms with Gasteiger partial charge in [0.05, 0.1) is 12.7 Å². The summed E-state index contributed by atoms with van der Waals surface area (Å²) in [5.74, 6) is 1.24. The van der Waals surface area contributed by atoms with Crippen molar-refractivity contribution in [1.29, 1.82) is 0 Å². The topological polar surface area (TPSA) is 55.9 Å². The van der Waals surface area contributed by atoms with Crippen LogP contribution in [0.15, 0.2) is 11.6 Å². The summed E-state index contributed by atoms with van der Waals surface area (Å²) in [5.41, 5.74) is 1.37. The fourth-order valence-electron chi connectivity index (χ4n) is 6.94. The SMILES string of the molecule is CC(=O)OCC1=CC(=O)[C@@H]2[C@H](CC[C@@H]3C(C)(C)CCC[C@@]23C)[C@H]1[C@H]1CO1. The number of allylic oxidation sites excluding steroid dienone is 1. The summed E-state index contributed by atoms with van der Waals surface area (Å²) in [5, 5.41) is 0. The van der Waals surface area contributed by atoms with Gasteiger partial charge in [0.25, 0.3) is 0 Å². The fourth-order valence-corrected chi connectivity index (χ4v) is 6.94. The molecule has 2 saturated carbocycles. The second-order valence-electron chi connectivity index (χ2n) is 9.92. The molecule has 6 atom stereocenters. The Morgan fingerprint density at radius 2 is 2.00 bits per heavy atom. The molecular weight excluding hydrogens is 328 g/mol. The highest BCUT2D eigenvalue weighted by Crippen LogP contribution is 2.64. The molecule has 144 valence electrons. The van der Waals surface area contributed by atoms with Gasteiger partial charge in [-0.1, -0.05) is 27.2 Å². The van der Waals surface area contributed by atoms with Crippen molar-refractivity contribution in [1.82, 2.24) is 0 Å². The predicted octanol–water partition coefficient (Wildman–Crippen LogP) is 3.93. The zero-order valence-corrected chi connectivity index (χ0v) is 16.5. The molecule has 4 heteroatoms. The first kappa shape index (κ1) is 18.2. The highest BCUT2D eigenvalue weighted by molar-refractivity contribution is 5.94. The largest absolute Gasteiger partial charge is 0.461 e.